The smallest absolute Gasteiger partial charge is 0.357 e. The number of carbonyl (C=O) groups is 3. The summed E-state index contributed by atoms with van der Waals surface area (Å²) in [6.45, 7) is 7.21. The Hall–Kier alpha value is -3.54. The summed E-state index contributed by atoms with van der Waals surface area (Å²) in [6, 6.07) is 15.0. The lowest BCUT2D eigenvalue weighted by Crippen LogP contribution is -2.23. The van der Waals surface area contributed by atoms with E-state index in [1.807, 2.05) is 12.1 Å². The van der Waals surface area contributed by atoms with E-state index in [9.17, 15) is 14.4 Å². The van der Waals surface area contributed by atoms with Crippen molar-refractivity contribution in [2.24, 2.45) is 0 Å². The van der Waals surface area contributed by atoms with Gasteiger partial charge in [0.25, 0.3) is 0 Å². The zero-order valence-corrected chi connectivity index (χ0v) is 17.4. The van der Waals surface area contributed by atoms with Gasteiger partial charge in [-0.3, -0.25) is 4.79 Å². The van der Waals surface area contributed by atoms with E-state index in [0.717, 1.165) is 5.39 Å². The first-order chi connectivity index (χ1) is 14.2. The van der Waals surface area contributed by atoms with Gasteiger partial charge in [0, 0.05) is 10.9 Å². The molecule has 3 rings (SSSR count). The Morgan fingerprint density at radius 2 is 1.53 bits per heavy atom. The van der Waals surface area contributed by atoms with Crippen molar-refractivity contribution in [2.45, 2.75) is 33.3 Å². The van der Waals surface area contributed by atoms with Crippen LogP contribution in [0.1, 0.15) is 64.5 Å². The minimum Gasteiger partial charge on any atom is -0.461 e. The lowest BCUT2D eigenvalue weighted by atomic mass is 9.99. The monoisotopic (exact) mass is 405 g/mol. The summed E-state index contributed by atoms with van der Waals surface area (Å²) in [4.78, 5) is 42.1. The van der Waals surface area contributed by atoms with E-state index in [0.29, 0.717) is 16.6 Å². The molecule has 0 radical (unpaired) electrons. The largest absolute Gasteiger partial charge is 0.461 e. The van der Waals surface area contributed by atoms with E-state index in [-0.39, 0.29) is 23.6 Å². The summed E-state index contributed by atoms with van der Waals surface area (Å²) >= 11 is 0. The molecular formula is C24H23NO5. The first kappa shape index (κ1) is 21.2. The highest BCUT2D eigenvalue weighted by atomic mass is 16.6. The summed E-state index contributed by atoms with van der Waals surface area (Å²) < 4.78 is 10.4. The van der Waals surface area contributed by atoms with Crippen LogP contribution in [-0.4, -0.2) is 34.9 Å². The quantitative estimate of drug-likeness (QED) is 0.456. The van der Waals surface area contributed by atoms with E-state index in [1.165, 1.54) is 24.3 Å². The summed E-state index contributed by atoms with van der Waals surface area (Å²) in [5.74, 6) is -1.51. The van der Waals surface area contributed by atoms with E-state index in [4.69, 9.17) is 9.47 Å². The summed E-state index contributed by atoms with van der Waals surface area (Å²) in [5.41, 5.74) is 0.761. The van der Waals surface area contributed by atoms with Crippen molar-refractivity contribution in [3.05, 3.63) is 77.0 Å². The maximum Gasteiger partial charge on any atom is 0.357 e. The first-order valence-corrected chi connectivity index (χ1v) is 9.64. The second-order valence-electron chi connectivity index (χ2n) is 7.71. The summed E-state index contributed by atoms with van der Waals surface area (Å²) in [5, 5.41) is 0.735. The molecule has 0 amide bonds. The Morgan fingerprint density at radius 1 is 0.900 bits per heavy atom. The second-order valence-corrected chi connectivity index (χ2v) is 7.71. The fourth-order valence-corrected chi connectivity index (χ4v) is 2.89. The van der Waals surface area contributed by atoms with E-state index >= 15 is 0 Å². The van der Waals surface area contributed by atoms with Crippen LogP contribution in [0.5, 0.6) is 0 Å². The predicted molar refractivity (Wildman–Crippen MR) is 113 cm³/mol. The van der Waals surface area contributed by atoms with Crippen LogP contribution in [0.15, 0.2) is 54.6 Å². The van der Waals surface area contributed by atoms with Crippen molar-refractivity contribution < 1.29 is 23.9 Å². The van der Waals surface area contributed by atoms with Crippen molar-refractivity contribution in [1.29, 1.82) is 0 Å². The number of rotatable bonds is 5. The number of hydrogen-bond donors (Lipinski definition) is 0. The van der Waals surface area contributed by atoms with Crippen molar-refractivity contribution in [1.82, 2.24) is 4.98 Å². The molecule has 0 fully saturated rings. The maximum atomic E-state index is 13.2. The molecular weight excluding hydrogens is 382 g/mol. The third-order valence-electron chi connectivity index (χ3n) is 4.22. The van der Waals surface area contributed by atoms with Gasteiger partial charge in [0.2, 0.25) is 0 Å². The Labute approximate surface area is 174 Å². The van der Waals surface area contributed by atoms with Crippen LogP contribution < -0.4 is 0 Å². The zero-order valence-electron chi connectivity index (χ0n) is 17.4. The molecule has 0 aliphatic carbocycles. The standard InChI is InChI=1S/C24H23NO5/c1-5-29-23(28)20-18(14-17-8-6-7-9-19(17)25-20)21(26)15-10-12-16(13-11-15)22(27)30-24(2,3)4/h6-14H,5H2,1-4H3. The molecule has 0 bridgehead atoms. The number of fused-ring (bicyclic) bond motifs is 1. The number of aromatic nitrogens is 1. The number of nitrogens with zero attached hydrogens (tertiary/aromatic N) is 1. The summed E-state index contributed by atoms with van der Waals surface area (Å²) in [6.07, 6.45) is 0. The molecule has 2 aromatic carbocycles. The number of pyridine rings is 1. The molecule has 30 heavy (non-hydrogen) atoms. The first-order valence-electron chi connectivity index (χ1n) is 9.64. The predicted octanol–water partition coefficient (Wildman–Crippen LogP) is 4.60. The molecule has 0 unspecified atom stereocenters. The van der Waals surface area contributed by atoms with Crippen molar-refractivity contribution in [3.8, 4) is 0 Å². The lowest BCUT2D eigenvalue weighted by Gasteiger charge is -2.19. The molecule has 3 aromatic rings. The van der Waals surface area contributed by atoms with Crippen LogP contribution in [0.3, 0.4) is 0 Å². The van der Waals surface area contributed by atoms with Crippen molar-refractivity contribution in [2.75, 3.05) is 6.61 Å². The van der Waals surface area contributed by atoms with Gasteiger partial charge < -0.3 is 9.47 Å². The average molecular weight is 405 g/mol. The third kappa shape index (κ3) is 4.71. The molecule has 0 saturated heterocycles. The van der Waals surface area contributed by atoms with Gasteiger partial charge in [0.1, 0.15) is 5.60 Å². The van der Waals surface area contributed by atoms with E-state index in [1.54, 1.807) is 45.9 Å². The number of carbonyl (C=O) groups excluding carboxylic acids is 3. The fraction of sp³-hybridized carbons (Fsp3) is 0.250. The molecule has 6 heteroatoms. The van der Waals surface area contributed by atoms with Gasteiger partial charge in [-0.1, -0.05) is 30.3 Å². The molecule has 154 valence electrons. The molecule has 0 N–H and O–H groups in total. The molecule has 0 saturated carbocycles. The zero-order chi connectivity index (χ0) is 21.9. The molecule has 1 aromatic heterocycles. The number of esters is 2. The van der Waals surface area contributed by atoms with Crippen LogP contribution in [0.4, 0.5) is 0 Å². The van der Waals surface area contributed by atoms with Crippen LogP contribution >= 0.6 is 0 Å². The highest BCUT2D eigenvalue weighted by Gasteiger charge is 2.23. The van der Waals surface area contributed by atoms with Gasteiger partial charge in [-0.25, -0.2) is 14.6 Å². The maximum absolute atomic E-state index is 13.2. The van der Waals surface area contributed by atoms with Gasteiger partial charge in [-0.2, -0.15) is 0 Å². The number of ketones is 1. The van der Waals surface area contributed by atoms with Gasteiger partial charge >= 0.3 is 11.9 Å². The van der Waals surface area contributed by atoms with Gasteiger partial charge in [0.05, 0.1) is 23.3 Å². The van der Waals surface area contributed by atoms with Crippen LogP contribution in [-0.2, 0) is 9.47 Å². The minimum absolute atomic E-state index is 0.0308. The Kier molecular flexibility index (Phi) is 5.96. The van der Waals surface area contributed by atoms with E-state index in [2.05, 4.69) is 4.98 Å². The lowest BCUT2D eigenvalue weighted by molar-refractivity contribution is 0.00691. The SMILES string of the molecule is CCOC(=O)c1nc2ccccc2cc1C(=O)c1ccc(C(=O)OC(C)(C)C)cc1. The molecule has 1 heterocycles. The van der Waals surface area contributed by atoms with Crippen LogP contribution in [0.2, 0.25) is 0 Å². The minimum atomic E-state index is -0.656. The molecule has 0 atom stereocenters. The van der Waals surface area contributed by atoms with Gasteiger partial charge in [0.15, 0.2) is 11.5 Å². The normalized spacial score (nSPS) is 11.2. The fourth-order valence-electron chi connectivity index (χ4n) is 2.89. The Morgan fingerprint density at radius 3 is 2.17 bits per heavy atom. The van der Waals surface area contributed by atoms with Crippen LogP contribution in [0.25, 0.3) is 10.9 Å². The highest BCUT2D eigenvalue weighted by molar-refractivity contribution is 6.15. The van der Waals surface area contributed by atoms with E-state index < -0.39 is 17.5 Å². The Bertz CT molecular complexity index is 1110. The number of hydrogen-bond acceptors (Lipinski definition) is 6. The number of benzene rings is 2. The molecule has 0 spiro atoms. The van der Waals surface area contributed by atoms with Crippen molar-refractivity contribution in [3.63, 3.8) is 0 Å². The second kappa shape index (κ2) is 8.45. The molecule has 6 nitrogen and oxygen atoms in total. The third-order valence-corrected chi connectivity index (χ3v) is 4.22. The highest BCUT2D eigenvalue weighted by Crippen LogP contribution is 2.21. The van der Waals surface area contributed by atoms with Gasteiger partial charge in [-0.15, -0.1) is 0 Å². The average Bonchev–Trinajstić information content (AvgIpc) is 2.71. The topological polar surface area (TPSA) is 82.6 Å². The van der Waals surface area contributed by atoms with Crippen molar-refractivity contribution >= 4 is 28.6 Å². The summed E-state index contributed by atoms with van der Waals surface area (Å²) in [7, 11) is 0. The van der Waals surface area contributed by atoms with Gasteiger partial charge in [-0.05, 0) is 52.0 Å². The number of para-hydroxylation sites is 1. The Balaban J connectivity index is 1.98. The number of ether oxygens (including phenoxy) is 2. The molecule has 0 aliphatic heterocycles. The molecule has 0 aliphatic rings. The van der Waals surface area contributed by atoms with Crippen LogP contribution in [0, 0.1) is 0 Å².